The Bertz CT molecular complexity index is 516. The molecule has 0 bridgehead atoms. The van der Waals surface area contributed by atoms with Gasteiger partial charge in [-0.05, 0) is 49.9 Å². The molecule has 0 aromatic heterocycles. The number of carbonyl (C=O) groups excluding carboxylic acids is 1. The van der Waals surface area contributed by atoms with Crippen LogP contribution < -0.4 is 16.4 Å². The first kappa shape index (κ1) is 14.8. The number of aryl methyl sites for hydroxylation is 1. The lowest BCUT2D eigenvalue weighted by molar-refractivity contribution is -0.122. The average molecular weight is 279 g/mol. The predicted molar refractivity (Wildman–Crippen MR) is 77.9 cm³/mol. The highest BCUT2D eigenvalue weighted by Gasteiger charge is 2.26. The van der Waals surface area contributed by atoms with Crippen LogP contribution in [-0.4, -0.2) is 19.0 Å². The standard InChI is InChI=1S/C15H22FN3O/c1-9-6-14(12(10(2)17)7-13(9)16)19-5-3-4-11(8-19)15(18)20/h6-7,10-11H,3-5,8,17H2,1-2H3,(H2,18,20). The Labute approximate surface area is 118 Å². The first-order valence-electron chi connectivity index (χ1n) is 7.00. The minimum absolute atomic E-state index is 0.143. The molecule has 2 rings (SSSR count). The largest absolute Gasteiger partial charge is 0.370 e. The van der Waals surface area contributed by atoms with Gasteiger partial charge < -0.3 is 16.4 Å². The summed E-state index contributed by atoms with van der Waals surface area (Å²) in [7, 11) is 0. The van der Waals surface area contributed by atoms with Crippen LogP contribution in [0.5, 0.6) is 0 Å². The summed E-state index contributed by atoms with van der Waals surface area (Å²) in [5.41, 5.74) is 13.6. The molecule has 110 valence electrons. The van der Waals surface area contributed by atoms with Crippen LogP contribution in [0.15, 0.2) is 12.1 Å². The summed E-state index contributed by atoms with van der Waals surface area (Å²) in [6.45, 7) is 5.00. The van der Waals surface area contributed by atoms with E-state index in [-0.39, 0.29) is 23.7 Å². The fourth-order valence-electron chi connectivity index (χ4n) is 2.75. The minimum Gasteiger partial charge on any atom is -0.370 e. The second-order valence-corrected chi connectivity index (χ2v) is 5.64. The van der Waals surface area contributed by atoms with E-state index in [1.54, 1.807) is 6.92 Å². The van der Waals surface area contributed by atoms with Crippen LogP contribution in [0.3, 0.4) is 0 Å². The molecule has 2 unspecified atom stereocenters. The van der Waals surface area contributed by atoms with E-state index in [1.807, 2.05) is 13.0 Å². The van der Waals surface area contributed by atoms with E-state index in [0.29, 0.717) is 12.1 Å². The van der Waals surface area contributed by atoms with Crippen molar-refractivity contribution in [2.24, 2.45) is 17.4 Å². The van der Waals surface area contributed by atoms with Gasteiger partial charge in [0.2, 0.25) is 5.91 Å². The molecule has 5 heteroatoms. The number of piperidine rings is 1. The summed E-state index contributed by atoms with van der Waals surface area (Å²) in [4.78, 5) is 13.5. The second kappa shape index (κ2) is 5.79. The highest BCUT2D eigenvalue weighted by Crippen LogP contribution is 2.31. The number of nitrogens with two attached hydrogens (primary N) is 2. The van der Waals surface area contributed by atoms with Crippen molar-refractivity contribution < 1.29 is 9.18 Å². The number of carbonyl (C=O) groups is 1. The Morgan fingerprint density at radius 1 is 1.50 bits per heavy atom. The lowest BCUT2D eigenvalue weighted by atomic mass is 9.95. The highest BCUT2D eigenvalue weighted by molar-refractivity contribution is 5.77. The van der Waals surface area contributed by atoms with Crippen LogP contribution in [0, 0.1) is 18.7 Å². The number of benzene rings is 1. The number of amides is 1. The molecule has 0 aliphatic carbocycles. The van der Waals surface area contributed by atoms with Crippen molar-refractivity contribution in [1.29, 1.82) is 0 Å². The van der Waals surface area contributed by atoms with E-state index in [4.69, 9.17) is 11.5 Å². The molecule has 0 saturated carbocycles. The fraction of sp³-hybridized carbons (Fsp3) is 0.533. The number of nitrogens with zero attached hydrogens (tertiary/aromatic N) is 1. The maximum Gasteiger partial charge on any atom is 0.222 e. The Balaban J connectivity index is 2.36. The molecule has 0 radical (unpaired) electrons. The summed E-state index contributed by atoms with van der Waals surface area (Å²) in [6.07, 6.45) is 1.72. The molecule has 1 amide bonds. The summed E-state index contributed by atoms with van der Waals surface area (Å²) in [5.74, 6) is -0.657. The number of halogens is 1. The third-order valence-electron chi connectivity index (χ3n) is 3.96. The van der Waals surface area contributed by atoms with Gasteiger partial charge in [-0.15, -0.1) is 0 Å². The number of anilines is 1. The first-order chi connectivity index (χ1) is 9.40. The third-order valence-corrected chi connectivity index (χ3v) is 3.96. The first-order valence-corrected chi connectivity index (χ1v) is 7.00. The van der Waals surface area contributed by atoms with Crippen molar-refractivity contribution in [2.75, 3.05) is 18.0 Å². The molecule has 4 nitrogen and oxygen atoms in total. The Kier molecular flexibility index (Phi) is 4.28. The SMILES string of the molecule is Cc1cc(N2CCCC(C(N)=O)C2)c(C(C)N)cc1F. The molecule has 20 heavy (non-hydrogen) atoms. The van der Waals surface area contributed by atoms with Crippen molar-refractivity contribution in [3.8, 4) is 0 Å². The quantitative estimate of drug-likeness (QED) is 0.887. The molecule has 1 aliphatic heterocycles. The monoisotopic (exact) mass is 279 g/mol. The van der Waals surface area contributed by atoms with Gasteiger partial charge in [-0.1, -0.05) is 0 Å². The van der Waals surface area contributed by atoms with Gasteiger partial charge in [0.25, 0.3) is 0 Å². The Morgan fingerprint density at radius 2 is 2.20 bits per heavy atom. The summed E-state index contributed by atoms with van der Waals surface area (Å²) >= 11 is 0. The maximum absolute atomic E-state index is 13.7. The number of primary amides is 1. The van der Waals surface area contributed by atoms with Gasteiger partial charge in [0.1, 0.15) is 5.82 Å². The third kappa shape index (κ3) is 2.93. The van der Waals surface area contributed by atoms with Gasteiger partial charge in [0, 0.05) is 24.8 Å². The molecule has 1 fully saturated rings. The van der Waals surface area contributed by atoms with Gasteiger partial charge in [-0.2, -0.15) is 0 Å². The molecular formula is C15H22FN3O. The fourth-order valence-corrected chi connectivity index (χ4v) is 2.75. The van der Waals surface area contributed by atoms with Crippen LogP contribution >= 0.6 is 0 Å². The Morgan fingerprint density at radius 3 is 2.80 bits per heavy atom. The lowest BCUT2D eigenvalue weighted by Gasteiger charge is -2.35. The predicted octanol–water partition coefficient (Wildman–Crippen LogP) is 1.86. The molecule has 0 spiro atoms. The van der Waals surface area contributed by atoms with E-state index in [0.717, 1.165) is 30.6 Å². The van der Waals surface area contributed by atoms with Crippen molar-refractivity contribution in [1.82, 2.24) is 0 Å². The van der Waals surface area contributed by atoms with Crippen molar-refractivity contribution in [3.05, 3.63) is 29.1 Å². The van der Waals surface area contributed by atoms with E-state index in [2.05, 4.69) is 4.90 Å². The zero-order valence-electron chi connectivity index (χ0n) is 12.0. The van der Waals surface area contributed by atoms with Gasteiger partial charge in [-0.25, -0.2) is 4.39 Å². The molecule has 1 aliphatic rings. The van der Waals surface area contributed by atoms with Crippen molar-refractivity contribution >= 4 is 11.6 Å². The van der Waals surface area contributed by atoms with Crippen molar-refractivity contribution in [3.63, 3.8) is 0 Å². The smallest absolute Gasteiger partial charge is 0.222 e. The van der Waals surface area contributed by atoms with Crippen LogP contribution in [-0.2, 0) is 4.79 Å². The zero-order chi connectivity index (χ0) is 14.9. The normalized spacial score (nSPS) is 20.8. The zero-order valence-corrected chi connectivity index (χ0v) is 12.0. The van der Waals surface area contributed by atoms with Crippen LogP contribution in [0.2, 0.25) is 0 Å². The molecular weight excluding hydrogens is 257 g/mol. The molecule has 1 heterocycles. The van der Waals surface area contributed by atoms with E-state index < -0.39 is 0 Å². The molecule has 1 saturated heterocycles. The van der Waals surface area contributed by atoms with Gasteiger partial charge in [-0.3, -0.25) is 4.79 Å². The minimum atomic E-state index is -0.268. The lowest BCUT2D eigenvalue weighted by Crippen LogP contribution is -2.41. The van der Waals surface area contributed by atoms with Gasteiger partial charge in [0.15, 0.2) is 0 Å². The van der Waals surface area contributed by atoms with Crippen LogP contribution in [0.4, 0.5) is 10.1 Å². The van der Waals surface area contributed by atoms with E-state index >= 15 is 0 Å². The molecule has 1 aromatic rings. The van der Waals surface area contributed by atoms with Crippen molar-refractivity contribution in [2.45, 2.75) is 32.7 Å². The summed E-state index contributed by atoms with van der Waals surface area (Å²) in [5, 5.41) is 0. The molecule has 2 atom stereocenters. The number of hydrogen-bond donors (Lipinski definition) is 2. The van der Waals surface area contributed by atoms with Crippen LogP contribution in [0.25, 0.3) is 0 Å². The molecule has 4 N–H and O–H groups in total. The van der Waals surface area contributed by atoms with Crippen LogP contribution in [0.1, 0.15) is 36.9 Å². The average Bonchev–Trinajstić information content (AvgIpc) is 2.41. The molecule has 1 aromatic carbocycles. The number of rotatable bonds is 3. The van der Waals surface area contributed by atoms with E-state index in [9.17, 15) is 9.18 Å². The van der Waals surface area contributed by atoms with E-state index in [1.165, 1.54) is 6.07 Å². The number of hydrogen-bond acceptors (Lipinski definition) is 3. The Hall–Kier alpha value is -1.62. The summed E-state index contributed by atoms with van der Waals surface area (Å²) < 4.78 is 13.7. The maximum atomic E-state index is 13.7. The van der Waals surface area contributed by atoms with Gasteiger partial charge >= 0.3 is 0 Å². The summed E-state index contributed by atoms with van der Waals surface area (Å²) in [6, 6.07) is 3.06. The second-order valence-electron chi connectivity index (χ2n) is 5.64. The van der Waals surface area contributed by atoms with Gasteiger partial charge in [0.05, 0.1) is 5.92 Å². The highest BCUT2D eigenvalue weighted by atomic mass is 19.1. The topological polar surface area (TPSA) is 72.3 Å².